The zero-order chi connectivity index (χ0) is 10.5. The van der Waals surface area contributed by atoms with Crippen LogP contribution in [0.4, 0.5) is 0 Å². The van der Waals surface area contributed by atoms with Gasteiger partial charge < -0.3 is 10.5 Å². The van der Waals surface area contributed by atoms with Crippen LogP contribution in [-0.2, 0) is 0 Å². The van der Waals surface area contributed by atoms with E-state index in [4.69, 9.17) is 10.5 Å². The molecule has 0 fully saturated rings. The maximum Gasteiger partial charge on any atom is 0.129 e. The van der Waals surface area contributed by atoms with Gasteiger partial charge in [0.05, 0.1) is 12.1 Å². The second-order valence-electron chi connectivity index (χ2n) is 3.27. The minimum Gasteiger partial charge on any atom is -0.493 e. The van der Waals surface area contributed by atoms with E-state index in [1.807, 2.05) is 24.3 Å². The fraction of sp³-hybridized carbons (Fsp3) is 0.250. The standard InChI is InChI=1S/C12H13N2O/c13-6-2-8-15-11-5-4-10-3-1-7-14-12(10)9-11/h1,3-4,7,9H,2,6,8,13H2. The lowest BCUT2D eigenvalue weighted by atomic mass is 10.2. The minimum atomic E-state index is 0.630. The highest BCUT2D eigenvalue weighted by molar-refractivity contribution is 5.79. The molecule has 0 aliphatic heterocycles. The lowest BCUT2D eigenvalue weighted by Crippen LogP contribution is -2.06. The molecule has 3 nitrogen and oxygen atoms in total. The molecular weight excluding hydrogens is 188 g/mol. The first-order valence-electron chi connectivity index (χ1n) is 4.99. The van der Waals surface area contributed by atoms with Crippen LogP contribution in [0.25, 0.3) is 10.9 Å². The van der Waals surface area contributed by atoms with E-state index in [0.717, 1.165) is 23.1 Å². The first kappa shape index (κ1) is 9.93. The van der Waals surface area contributed by atoms with Crippen molar-refractivity contribution in [2.75, 3.05) is 13.2 Å². The molecule has 0 bridgehead atoms. The number of pyridine rings is 1. The molecule has 1 aromatic heterocycles. The van der Waals surface area contributed by atoms with Gasteiger partial charge in [-0.25, -0.2) is 0 Å². The molecule has 0 spiro atoms. The summed E-state index contributed by atoms with van der Waals surface area (Å²) in [5.74, 6) is 0.731. The summed E-state index contributed by atoms with van der Waals surface area (Å²) in [6.07, 6.45) is 2.63. The Morgan fingerprint density at radius 2 is 2.40 bits per heavy atom. The lowest BCUT2D eigenvalue weighted by molar-refractivity contribution is 0.313. The summed E-state index contributed by atoms with van der Waals surface area (Å²) in [6.45, 7) is 1.27. The molecule has 15 heavy (non-hydrogen) atoms. The molecule has 2 N–H and O–H groups in total. The molecule has 1 aromatic carbocycles. The first-order chi connectivity index (χ1) is 7.40. The molecule has 77 valence electrons. The predicted molar refractivity (Wildman–Crippen MR) is 59.7 cm³/mol. The monoisotopic (exact) mass is 201 g/mol. The van der Waals surface area contributed by atoms with Gasteiger partial charge in [0.25, 0.3) is 0 Å². The molecule has 0 atom stereocenters. The van der Waals surface area contributed by atoms with E-state index in [1.165, 1.54) is 0 Å². The highest BCUT2D eigenvalue weighted by Gasteiger charge is 1.97. The molecule has 0 unspecified atom stereocenters. The van der Waals surface area contributed by atoms with E-state index in [0.29, 0.717) is 13.2 Å². The lowest BCUT2D eigenvalue weighted by Gasteiger charge is -2.05. The van der Waals surface area contributed by atoms with Crippen molar-refractivity contribution in [3.05, 3.63) is 36.5 Å². The van der Waals surface area contributed by atoms with Crippen LogP contribution in [0.1, 0.15) is 6.42 Å². The van der Waals surface area contributed by atoms with Crippen molar-refractivity contribution in [1.82, 2.24) is 4.98 Å². The van der Waals surface area contributed by atoms with Crippen molar-refractivity contribution in [2.45, 2.75) is 6.42 Å². The average molecular weight is 201 g/mol. The molecule has 0 aliphatic rings. The fourth-order valence-electron chi connectivity index (χ4n) is 1.34. The van der Waals surface area contributed by atoms with Crippen LogP contribution in [-0.4, -0.2) is 18.1 Å². The van der Waals surface area contributed by atoms with Crippen molar-refractivity contribution in [3.8, 4) is 5.75 Å². The van der Waals surface area contributed by atoms with Crippen LogP contribution in [0.3, 0.4) is 0 Å². The second kappa shape index (κ2) is 4.75. The Labute approximate surface area is 88.9 Å². The van der Waals surface area contributed by atoms with Crippen molar-refractivity contribution < 1.29 is 4.74 Å². The number of aromatic nitrogens is 1. The number of nitrogens with zero attached hydrogens (tertiary/aromatic N) is 1. The summed E-state index contributed by atoms with van der Waals surface area (Å²) in [7, 11) is 0. The van der Waals surface area contributed by atoms with Crippen LogP contribution in [0.15, 0.2) is 30.5 Å². The zero-order valence-corrected chi connectivity index (χ0v) is 8.44. The van der Waals surface area contributed by atoms with Crippen LogP contribution < -0.4 is 10.5 Å². The van der Waals surface area contributed by atoms with E-state index in [1.54, 1.807) is 6.20 Å². The molecule has 1 heterocycles. The Morgan fingerprint density at radius 1 is 1.47 bits per heavy atom. The van der Waals surface area contributed by atoms with Crippen LogP contribution in [0.2, 0.25) is 0 Å². The Balaban J connectivity index is 2.16. The van der Waals surface area contributed by atoms with Crippen LogP contribution >= 0.6 is 0 Å². The summed E-state index contributed by atoms with van der Waals surface area (Å²) in [4.78, 5) is 4.25. The predicted octanol–water partition coefficient (Wildman–Crippen LogP) is 1.76. The van der Waals surface area contributed by atoms with Gasteiger partial charge in [-0.3, -0.25) is 4.98 Å². The van der Waals surface area contributed by atoms with Gasteiger partial charge in [-0.15, -0.1) is 0 Å². The second-order valence-corrected chi connectivity index (χ2v) is 3.27. The number of benzene rings is 1. The van der Waals surface area contributed by atoms with Crippen LogP contribution in [0, 0.1) is 6.07 Å². The van der Waals surface area contributed by atoms with Gasteiger partial charge in [0.15, 0.2) is 0 Å². The third-order valence-corrected chi connectivity index (χ3v) is 2.12. The van der Waals surface area contributed by atoms with E-state index >= 15 is 0 Å². The highest BCUT2D eigenvalue weighted by atomic mass is 16.5. The Kier molecular flexibility index (Phi) is 3.15. The van der Waals surface area contributed by atoms with Gasteiger partial charge in [0.1, 0.15) is 5.75 Å². The van der Waals surface area contributed by atoms with Crippen molar-refractivity contribution >= 4 is 10.9 Å². The molecule has 0 saturated carbocycles. The van der Waals surface area contributed by atoms with Crippen LogP contribution in [0.5, 0.6) is 5.75 Å². The number of rotatable bonds is 4. The van der Waals surface area contributed by atoms with E-state index in [2.05, 4.69) is 11.1 Å². The molecule has 0 saturated heterocycles. The summed E-state index contributed by atoms with van der Waals surface area (Å²) < 4.78 is 5.48. The molecule has 0 amide bonds. The van der Waals surface area contributed by atoms with Crippen molar-refractivity contribution in [2.24, 2.45) is 5.73 Å². The molecule has 1 radical (unpaired) electrons. The smallest absolute Gasteiger partial charge is 0.129 e. The molecule has 3 heteroatoms. The molecule has 2 rings (SSSR count). The molecule has 0 aliphatic carbocycles. The third kappa shape index (κ3) is 2.44. The van der Waals surface area contributed by atoms with Gasteiger partial charge in [0.2, 0.25) is 0 Å². The Morgan fingerprint density at radius 3 is 3.27 bits per heavy atom. The molecular formula is C12H13N2O. The summed E-state index contributed by atoms with van der Waals surface area (Å²) in [6, 6.07) is 10.8. The number of hydrogen-bond donors (Lipinski definition) is 1. The van der Waals surface area contributed by atoms with Gasteiger partial charge in [0, 0.05) is 23.7 Å². The van der Waals surface area contributed by atoms with E-state index in [-0.39, 0.29) is 0 Å². The number of nitrogens with two attached hydrogens (primary N) is 1. The summed E-state index contributed by atoms with van der Waals surface area (Å²) in [5, 5.41) is 1.07. The van der Waals surface area contributed by atoms with E-state index < -0.39 is 0 Å². The van der Waals surface area contributed by atoms with Gasteiger partial charge in [-0.2, -0.15) is 0 Å². The maximum absolute atomic E-state index is 5.48. The number of fused-ring (bicyclic) bond motifs is 1. The van der Waals surface area contributed by atoms with E-state index in [9.17, 15) is 0 Å². The summed E-state index contributed by atoms with van der Waals surface area (Å²) in [5.41, 5.74) is 6.31. The minimum absolute atomic E-state index is 0.630. The Hall–Kier alpha value is -1.61. The van der Waals surface area contributed by atoms with Crippen molar-refractivity contribution in [1.29, 1.82) is 0 Å². The first-order valence-corrected chi connectivity index (χ1v) is 4.99. The SMILES string of the molecule is NCCCOc1[c]cc2cccnc2c1. The van der Waals surface area contributed by atoms with Gasteiger partial charge in [-0.05, 0) is 25.1 Å². The molecule has 2 aromatic rings. The quantitative estimate of drug-likeness (QED) is 0.767. The summed E-state index contributed by atoms with van der Waals surface area (Å²) >= 11 is 0. The highest BCUT2D eigenvalue weighted by Crippen LogP contribution is 2.17. The fourth-order valence-corrected chi connectivity index (χ4v) is 1.34. The zero-order valence-electron chi connectivity index (χ0n) is 8.44. The van der Waals surface area contributed by atoms with Crippen molar-refractivity contribution in [3.63, 3.8) is 0 Å². The number of ether oxygens (including phenoxy) is 1. The average Bonchev–Trinajstić information content (AvgIpc) is 2.29. The Bertz CT molecular complexity index is 442. The van der Waals surface area contributed by atoms with Gasteiger partial charge in [-0.1, -0.05) is 6.07 Å². The third-order valence-electron chi connectivity index (χ3n) is 2.12. The number of hydrogen-bond acceptors (Lipinski definition) is 3. The topological polar surface area (TPSA) is 48.1 Å². The van der Waals surface area contributed by atoms with Gasteiger partial charge >= 0.3 is 0 Å². The normalized spacial score (nSPS) is 10.5. The largest absolute Gasteiger partial charge is 0.493 e. The maximum atomic E-state index is 5.48.